The van der Waals surface area contributed by atoms with Crippen LogP contribution in [0.25, 0.3) is 0 Å². The zero-order chi connectivity index (χ0) is 12.4. The van der Waals surface area contributed by atoms with E-state index in [-0.39, 0.29) is 6.42 Å². The van der Waals surface area contributed by atoms with Crippen LogP contribution in [-0.2, 0) is 14.4 Å². The first-order valence-electron chi connectivity index (χ1n) is 5.46. The van der Waals surface area contributed by atoms with E-state index in [1.165, 1.54) is 0 Å². The minimum Gasteiger partial charge on any atom is -0.481 e. The van der Waals surface area contributed by atoms with Crippen molar-refractivity contribution in [1.29, 1.82) is 0 Å². The smallest absolute Gasteiger partial charge is 0.306 e. The van der Waals surface area contributed by atoms with Crippen LogP contribution in [0.15, 0.2) is 0 Å². The van der Waals surface area contributed by atoms with Crippen LogP contribution < -0.4 is 0 Å². The average Bonchev–Trinajstić information content (AvgIpc) is 2.21. The molecule has 5 heteroatoms. The maximum Gasteiger partial charge on any atom is 0.306 e. The standard InChI is InChI=1S/C11H18O5/c12-8-4-3-6-9(11(15)16)5-1-2-7-10(13)14/h8-9H,1-7H2,(H,13,14)(H,15,16). The van der Waals surface area contributed by atoms with Gasteiger partial charge in [0.05, 0.1) is 5.92 Å². The fourth-order valence-corrected chi connectivity index (χ4v) is 1.51. The van der Waals surface area contributed by atoms with E-state index < -0.39 is 17.9 Å². The summed E-state index contributed by atoms with van der Waals surface area (Å²) in [6, 6.07) is 0. The molecule has 0 aliphatic heterocycles. The predicted octanol–water partition coefficient (Wildman–Crippen LogP) is 1.70. The molecule has 92 valence electrons. The number of carboxylic acid groups (broad SMARTS) is 2. The van der Waals surface area contributed by atoms with E-state index >= 15 is 0 Å². The van der Waals surface area contributed by atoms with Crippen LogP contribution in [0.1, 0.15) is 44.9 Å². The topological polar surface area (TPSA) is 91.7 Å². The zero-order valence-electron chi connectivity index (χ0n) is 9.22. The molecule has 0 saturated carbocycles. The largest absolute Gasteiger partial charge is 0.481 e. The Morgan fingerprint density at radius 1 is 1.06 bits per heavy atom. The van der Waals surface area contributed by atoms with Crippen LogP contribution in [0.5, 0.6) is 0 Å². The molecule has 0 aliphatic carbocycles. The Morgan fingerprint density at radius 3 is 2.19 bits per heavy atom. The lowest BCUT2D eigenvalue weighted by Crippen LogP contribution is -2.13. The van der Waals surface area contributed by atoms with Gasteiger partial charge in [0.1, 0.15) is 6.29 Å². The number of hydrogen-bond donors (Lipinski definition) is 2. The second-order valence-corrected chi connectivity index (χ2v) is 3.77. The first kappa shape index (κ1) is 14.6. The lowest BCUT2D eigenvalue weighted by molar-refractivity contribution is -0.142. The van der Waals surface area contributed by atoms with E-state index in [1.807, 2.05) is 0 Å². The number of hydrogen-bond acceptors (Lipinski definition) is 3. The van der Waals surface area contributed by atoms with Crippen molar-refractivity contribution in [1.82, 2.24) is 0 Å². The van der Waals surface area contributed by atoms with Crippen molar-refractivity contribution in [3.63, 3.8) is 0 Å². The SMILES string of the molecule is O=CCCCC(CCCCC(=O)O)C(=O)O. The summed E-state index contributed by atoms with van der Waals surface area (Å²) in [4.78, 5) is 31.1. The van der Waals surface area contributed by atoms with Crippen LogP contribution in [0.2, 0.25) is 0 Å². The maximum absolute atomic E-state index is 10.8. The van der Waals surface area contributed by atoms with Gasteiger partial charge in [0, 0.05) is 12.8 Å². The molecule has 0 heterocycles. The summed E-state index contributed by atoms with van der Waals surface area (Å²) in [6.45, 7) is 0. The van der Waals surface area contributed by atoms with Gasteiger partial charge in [-0.15, -0.1) is 0 Å². The molecule has 16 heavy (non-hydrogen) atoms. The molecule has 0 rings (SSSR count). The van der Waals surface area contributed by atoms with Crippen molar-refractivity contribution in [3.05, 3.63) is 0 Å². The van der Waals surface area contributed by atoms with Crippen molar-refractivity contribution in [2.24, 2.45) is 5.92 Å². The minimum absolute atomic E-state index is 0.0840. The van der Waals surface area contributed by atoms with E-state index in [4.69, 9.17) is 10.2 Å². The minimum atomic E-state index is -0.860. The highest BCUT2D eigenvalue weighted by Gasteiger charge is 2.16. The van der Waals surface area contributed by atoms with Gasteiger partial charge in [-0.1, -0.05) is 6.42 Å². The van der Waals surface area contributed by atoms with Gasteiger partial charge in [0.25, 0.3) is 0 Å². The van der Waals surface area contributed by atoms with Crippen LogP contribution >= 0.6 is 0 Å². The summed E-state index contributed by atoms with van der Waals surface area (Å²) in [5.74, 6) is -2.16. The molecule has 0 aromatic carbocycles. The molecule has 0 radical (unpaired) electrons. The van der Waals surface area contributed by atoms with Gasteiger partial charge in [-0.05, 0) is 25.7 Å². The molecular weight excluding hydrogens is 212 g/mol. The fourth-order valence-electron chi connectivity index (χ4n) is 1.51. The Balaban J connectivity index is 3.72. The van der Waals surface area contributed by atoms with Crippen molar-refractivity contribution in [2.75, 3.05) is 0 Å². The summed E-state index contributed by atoms with van der Waals surface area (Å²) in [7, 11) is 0. The number of rotatable bonds is 10. The first-order valence-corrected chi connectivity index (χ1v) is 5.46. The van der Waals surface area contributed by atoms with Gasteiger partial charge in [-0.2, -0.15) is 0 Å². The third-order valence-corrected chi connectivity index (χ3v) is 2.42. The quantitative estimate of drug-likeness (QED) is 0.440. The number of aldehydes is 1. The van der Waals surface area contributed by atoms with Crippen LogP contribution in [0.4, 0.5) is 0 Å². The third kappa shape index (κ3) is 7.96. The summed E-state index contributed by atoms with van der Waals surface area (Å²) < 4.78 is 0. The Kier molecular flexibility index (Phi) is 8.11. The number of carbonyl (C=O) groups is 3. The lowest BCUT2D eigenvalue weighted by atomic mass is 9.95. The summed E-state index contributed by atoms with van der Waals surface area (Å²) >= 11 is 0. The molecule has 2 N–H and O–H groups in total. The van der Waals surface area contributed by atoms with E-state index in [0.29, 0.717) is 38.5 Å². The highest BCUT2D eigenvalue weighted by molar-refractivity contribution is 5.70. The Bertz CT molecular complexity index is 237. The molecule has 0 saturated heterocycles. The van der Waals surface area contributed by atoms with Crippen LogP contribution in [-0.4, -0.2) is 28.4 Å². The molecule has 0 amide bonds. The van der Waals surface area contributed by atoms with Gasteiger partial charge in [-0.25, -0.2) is 0 Å². The number of unbranched alkanes of at least 4 members (excludes halogenated alkanes) is 2. The van der Waals surface area contributed by atoms with E-state index in [0.717, 1.165) is 6.29 Å². The van der Waals surface area contributed by atoms with Crippen LogP contribution in [0.3, 0.4) is 0 Å². The molecule has 0 bridgehead atoms. The van der Waals surface area contributed by atoms with E-state index in [9.17, 15) is 14.4 Å². The van der Waals surface area contributed by atoms with Gasteiger partial charge < -0.3 is 15.0 Å². The van der Waals surface area contributed by atoms with Gasteiger partial charge in [0.15, 0.2) is 0 Å². The van der Waals surface area contributed by atoms with Crippen molar-refractivity contribution < 1.29 is 24.6 Å². The number of carbonyl (C=O) groups excluding carboxylic acids is 1. The maximum atomic E-state index is 10.8. The molecule has 0 aromatic rings. The van der Waals surface area contributed by atoms with Crippen molar-refractivity contribution in [2.45, 2.75) is 44.9 Å². The Hall–Kier alpha value is -1.39. The molecule has 1 unspecified atom stereocenters. The number of carboxylic acids is 2. The lowest BCUT2D eigenvalue weighted by Gasteiger charge is -2.10. The fraction of sp³-hybridized carbons (Fsp3) is 0.727. The van der Waals surface area contributed by atoms with Crippen LogP contribution in [0, 0.1) is 5.92 Å². The molecule has 1 atom stereocenters. The van der Waals surface area contributed by atoms with E-state index in [2.05, 4.69) is 0 Å². The van der Waals surface area contributed by atoms with Gasteiger partial charge in [0.2, 0.25) is 0 Å². The first-order chi connectivity index (χ1) is 7.57. The predicted molar refractivity (Wildman–Crippen MR) is 57.1 cm³/mol. The molecule has 5 nitrogen and oxygen atoms in total. The molecule has 0 aliphatic rings. The monoisotopic (exact) mass is 230 g/mol. The van der Waals surface area contributed by atoms with E-state index in [1.54, 1.807) is 0 Å². The second-order valence-electron chi connectivity index (χ2n) is 3.77. The Morgan fingerprint density at radius 2 is 1.69 bits per heavy atom. The molecule has 0 aromatic heterocycles. The summed E-state index contributed by atoms with van der Waals surface area (Å²) in [5.41, 5.74) is 0. The van der Waals surface area contributed by atoms with Gasteiger partial charge >= 0.3 is 11.9 Å². The third-order valence-electron chi connectivity index (χ3n) is 2.42. The van der Waals surface area contributed by atoms with Crippen molar-refractivity contribution >= 4 is 18.2 Å². The zero-order valence-corrected chi connectivity index (χ0v) is 9.22. The normalized spacial score (nSPS) is 12.0. The summed E-state index contributed by atoms with van der Waals surface area (Å²) in [5, 5.41) is 17.3. The Labute approximate surface area is 94.5 Å². The number of aliphatic carboxylic acids is 2. The van der Waals surface area contributed by atoms with Gasteiger partial charge in [-0.3, -0.25) is 9.59 Å². The molecule has 0 fully saturated rings. The average molecular weight is 230 g/mol. The second kappa shape index (κ2) is 8.88. The summed E-state index contributed by atoms with van der Waals surface area (Å²) in [6.07, 6.45) is 3.92. The molecular formula is C11H18O5. The highest BCUT2D eigenvalue weighted by atomic mass is 16.4. The highest BCUT2D eigenvalue weighted by Crippen LogP contribution is 2.16. The van der Waals surface area contributed by atoms with Crippen molar-refractivity contribution in [3.8, 4) is 0 Å². The molecule has 0 spiro atoms.